The van der Waals surface area contributed by atoms with E-state index in [-0.39, 0.29) is 5.92 Å². The van der Waals surface area contributed by atoms with E-state index in [0.717, 1.165) is 12.8 Å². The second kappa shape index (κ2) is 4.75. The van der Waals surface area contributed by atoms with Crippen molar-refractivity contribution in [1.82, 2.24) is 0 Å². The second-order valence-corrected chi connectivity index (χ2v) is 4.12. The quantitative estimate of drug-likeness (QED) is 0.673. The van der Waals surface area contributed by atoms with E-state index in [1.807, 2.05) is 6.92 Å². The van der Waals surface area contributed by atoms with Gasteiger partial charge in [-0.1, -0.05) is 19.8 Å². The van der Waals surface area contributed by atoms with Gasteiger partial charge < -0.3 is 4.74 Å². The molecule has 1 rings (SSSR count). The van der Waals surface area contributed by atoms with Crippen molar-refractivity contribution in [2.45, 2.75) is 45.6 Å². The SMILES string of the molecule is COC1CCCCC1C(C)C(C)=O. The summed E-state index contributed by atoms with van der Waals surface area (Å²) < 4.78 is 5.42. The third-order valence-corrected chi connectivity index (χ3v) is 3.34. The van der Waals surface area contributed by atoms with Crippen LogP contribution in [0.15, 0.2) is 0 Å². The maximum Gasteiger partial charge on any atom is 0.133 e. The van der Waals surface area contributed by atoms with Crippen LogP contribution in [0.3, 0.4) is 0 Å². The molecule has 1 fully saturated rings. The molecule has 76 valence electrons. The summed E-state index contributed by atoms with van der Waals surface area (Å²) in [5.41, 5.74) is 0. The van der Waals surface area contributed by atoms with Crippen molar-refractivity contribution in [2.24, 2.45) is 11.8 Å². The Morgan fingerprint density at radius 1 is 1.38 bits per heavy atom. The summed E-state index contributed by atoms with van der Waals surface area (Å²) in [7, 11) is 1.76. The molecular weight excluding hydrogens is 164 g/mol. The highest BCUT2D eigenvalue weighted by molar-refractivity contribution is 5.78. The van der Waals surface area contributed by atoms with Gasteiger partial charge in [0.2, 0.25) is 0 Å². The van der Waals surface area contributed by atoms with Gasteiger partial charge in [-0.3, -0.25) is 4.79 Å². The van der Waals surface area contributed by atoms with Crippen LogP contribution in [0.25, 0.3) is 0 Å². The van der Waals surface area contributed by atoms with Crippen LogP contribution < -0.4 is 0 Å². The standard InChI is InChI=1S/C11H20O2/c1-8(9(2)12)10-6-4-5-7-11(10)13-3/h8,10-11H,4-7H2,1-3H3. The van der Waals surface area contributed by atoms with Crippen molar-refractivity contribution in [3.05, 3.63) is 0 Å². The van der Waals surface area contributed by atoms with E-state index in [0.29, 0.717) is 17.8 Å². The van der Waals surface area contributed by atoms with E-state index in [4.69, 9.17) is 4.74 Å². The molecular formula is C11H20O2. The molecule has 0 aromatic carbocycles. The van der Waals surface area contributed by atoms with Crippen LogP contribution in [-0.4, -0.2) is 19.0 Å². The molecule has 0 radical (unpaired) electrons. The van der Waals surface area contributed by atoms with Crippen LogP contribution >= 0.6 is 0 Å². The van der Waals surface area contributed by atoms with Crippen LogP contribution in [0.4, 0.5) is 0 Å². The van der Waals surface area contributed by atoms with Gasteiger partial charge in [-0.2, -0.15) is 0 Å². The summed E-state index contributed by atoms with van der Waals surface area (Å²) >= 11 is 0. The van der Waals surface area contributed by atoms with E-state index in [1.54, 1.807) is 14.0 Å². The molecule has 0 N–H and O–H groups in total. The van der Waals surface area contributed by atoms with Crippen LogP contribution in [-0.2, 0) is 9.53 Å². The minimum absolute atomic E-state index is 0.172. The summed E-state index contributed by atoms with van der Waals surface area (Å²) in [4.78, 5) is 11.2. The van der Waals surface area contributed by atoms with Crippen molar-refractivity contribution < 1.29 is 9.53 Å². The highest BCUT2D eigenvalue weighted by Gasteiger charge is 2.31. The molecule has 0 aliphatic heterocycles. The highest BCUT2D eigenvalue weighted by atomic mass is 16.5. The number of carbonyl (C=O) groups is 1. The first-order valence-electron chi connectivity index (χ1n) is 5.20. The maximum absolute atomic E-state index is 11.2. The number of hydrogen-bond donors (Lipinski definition) is 0. The zero-order valence-electron chi connectivity index (χ0n) is 8.88. The predicted molar refractivity (Wildman–Crippen MR) is 52.6 cm³/mol. The Hall–Kier alpha value is -0.370. The molecule has 0 aromatic heterocycles. The van der Waals surface area contributed by atoms with Gasteiger partial charge in [0.25, 0.3) is 0 Å². The molecule has 1 saturated carbocycles. The summed E-state index contributed by atoms with van der Waals surface area (Å²) in [6.45, 7) is 3.72. The van der Waals surface area contributed by atoms with Gasteiger partial charge in [0.15, 0.2) is 0 Å². The topological polar surface area (TPSA) is 26.3 Å². The molecule has 0 saturated heterocycles. The fourth-order valence-electron chi connectivity index (χ4n) is 2.29. The molecule has 0 aromatic rings. The van der Waals surface area contributed by atoms with Gasteiger partial charge in [0, 0.05) is 13.0 Å². The lowest BCUT2D eigenvalue weighted by Crippen LogP contribution is -2.34. The lowest BCUT2D eigenvalue weighted by atomic mass is 9.77. The summed E-state index contributed by atoms with van der Waals surface area (Å²) in [5, 5.41) is 0. The zero-order chi connectivity index (χ0) is 9.84. The number of ether oxygens (including phenoxy) is 1. The Bertz CT molecular complexity index is 177. The number of hydrogen-bond acceptors (Lipinski definition) is 2. The Labute approximate surface area is 80.7 Å². The van der Waals surface area contributed by atoms with Gasteiger partial charge in [-0.25, -0.2) is 0 Å². The predicted octanol–water partition coefficient (Wildman–Crippen LogP) is 2.42. The number of ketones is 1. The third-order valence-electron chi connectivity index (χ3n) is 3.34. The Balaban J connectivity index is 2.58. The molecule has 1 aliphatic carbocycles. The van der Waals surface area contributed by atoms with Crippen molar-refractivity contribution in [3.8, 4) is 0 Å². The van der Waals surface area contributed by atoms with E-state index in [9.17, 15) is 4.79 Å². The Morgan fingerprint density at radius 3 is 2.54 bits per heavy atom. The van der Waals surface area contributed by atoms with Crippen molar-refractivity contribution >= 4 is 5.78 Å². The van der Waals surface area contributed by atoms with Crippen LogP contribution in [0.5, 0.6) is 0 Å². The average Bonchev–Trinajstić information content (AvgIpc) is 2.16. The van der Waals surface area contributed by atoms with Crippen LogP contribution in [0.1, 0.15) is 39.5 Å². The van der Waals surface area contributed by atoms with Gasteiger partial charge >= 0.3 is 0 Å². The Kier molecular flexibility index (Phi) is 3.91. The molecule has 1 aliphatic rings. The molecule has 3 atom stereocenters. The molecule has 2 heteroatoms. The normalized spacial score (nSPS) is 31.3. The minimum Gasteiger partial charge on any atom is -0.381 e. The molecule has 0 heterocycles. The monoisotopic (exact) mass is 184 g/mol. The summed E-state index contributed by atoms with van der Waals surface area (Å²) in [5.74, 6) is 0.926. The fourth-order valence-corrected chi connectivity index (χ4v) is 2.29. The molecule has 3 unspecified atom stereocenters. The average molecular weight is 184 g/mol. The maximum atomic E-state index is 11.2. The van der Waals surface area contributed by atoms with Gasteiger partial charge in [-0.05, 0) is 25.7 Å². The molecule has 0 spiro atoms. The van der Waals surface area contributed by atoms with E-state index in [2.05, 4.69) is 0 Å². The summed E-state index contributed by atoms with van der Waals surface area (Å²) in [6.07, 6.45) is 5.09. The third kappa shape index (κ3) is 2.53. The lowest BCUT2D eigenvalue weighted by molar-refractivity contribution is -0.124. The number of Topliss-reactive ketones (excluding diaryl/α,β-unsaturated/α-hetero) is 1. The van der Waals surface area contributed by atoms with Gasteiger partial charge in [0.1, 0.15) is 5.78 Å². The molecule has 0 amide bonds. The molecule has 13 heavy (non-hydrogen) atoms. The van der Waals surface area contributed by atoms with Crippen LogP contribution in [0, 0.1) is 11.8 Å². The Morgan fingerprint density at radius 2 is 2.00 bits per heavy atom. The fraction of sp³-hybridized carbons (Fsp3) is 0.909. The number of methoxy groups -OCH3 is 1. The first kappa shape index (κ1) is 10.7. The van der Waals surface area contributed by atoms with E-state index < -0.39 is 0 Å². The minimum atomic E-state index is 0.172. The lowest BCUT2D eigenvalue weighted by Gasteiger charge is -2.33. The summed E-state index contributed by atoms with van der Waals surface area (Å²) in [6, 6.07) is 0. The van der Waals surface area contributed by atoms with E-state index >= 15 is 0 Å². The number of rotatable bonds is 3. The van der Waals surface area contributed by atoms with Crippen molar-refractivity contribution in [2.75, 3.05) is 7.11 Å². The zero-order valence-corrected chi connectivity index (χ0v) is 8.88. The van der Waals surface area contributed by atoms with Gasteiger partial charge in [-0.15, -0.1) is 0 Å². The van der Waals surface area contributed by atoms with Gasteiger partial charge in [0.05, 0.1) is 6.10 Å². The second-order valence-electron chi connectivity index (χ2n) is 4.12. The molecule has 0 bridgehead atoms. The highest BCUT2D eigenvalue weighted by Crippen LogP contribution is 2.32. The van der Waals surface area contributed by atoms with E-state index in [1.165, 1.54) is 12.8 Å². The first-order valence-corrected chi connectivity index (χ1v) is 5.20. The van der Waals surface area contributed by atoms with Crippen molar-refractivity contribution in [3.63, 3.8) is 0 Å². The first-order chi connectivity index (χ1) is 6.16. The molecule has 2 nitrogen and oxygen atoms in total. The smallest absolute Gasteiger partial charge is 0.133 e. The number of carbonyl (C=O) groups excluding carboxylic acids is 1. The largest absolute Gasteiger partial charge is 0.381 e. The van der Waals surface area contributed by atoms with Crippen LogP contribution in [0.2, 0.25) is 0 Å². The van der Waals surface area contributed by atoms with Crippen molar-refractivity contribution in [1.29, 1.82) is 0 Å².